The number of fused-ring (bicyclic) bond motifs is 12. The fourth-order valence-electron chi connectivity index (χ4n) is 10.3. The number of nitrogens with zero attached hydrogens (tertiary/aromatic N) is 10. The smallest absolute Gasteiger partial charge is 0.165 e. The van der Waals surface area contributed by atoms with Gasteiger partial charge in [0.2, 0.25) is 0 Å². The van der Waals surface area contributed by atoms with Crippen molar-refractivity contribution in [3.05, 3.63) is 200 Å². The van der Waals surface area contributed by atoms with Gasteiger partial charge in [0.25, 0.3) is 0 Å². The van der Waals surface area contributed by atoms with Gasteiger partial charge >= 0.3 is 0 Å². The molecule has 0 radical (unpaired) electrons. The van der Waals surface area contributed by atoms with Crippen LogP contribution in [0.25, 0.3) is 122 Å². The first-order valence-electron chi connectivity index (χ1n) is 21.7. The van der Waals surface area contributed by atoms with Gasteiger partial charge in [0, 0.05) is 51.9 Å². The summed E-state index contributed by atoms with van der Waals surface area (Å²) in [6.45, 7) is 0. The molecule has 0 aliphatic rings. The number of nitriles is 1. The molecule has 66 heavy (non-hydrogen) atoms. The first-order valence-corrected chi connectivity index (χ1v) is 21.7. The third-order valence-corrected chi connectivity index (χ3v) is 13.0. The van der Waals surface area contributed by atoms with E-state index < -0.39 is 0 Å². The summed E-state index contributed by atoms with van der Waals surface area (Å²) < 4.78 is 9.20. The average Bonchev–Trinajstić information content (AvgIpc) is 4.11. The molecule has 5 aromatic carbocycles. The third-order valence-electron chi connectivity index (χ3n) is 13.0. The van der Waals surface area contributed by atoms with Crippen molar-refractivity contribution < 1.29 is 0 Å². The van der Waals surface area contributed by atoms with Gasteiger partial charge in [-0.15, -0.1) is 0 Å². The van der Waals surface area contributed by atoms with Gasteiger partial charge in [-0.2, -0.15) is 5.26 Å². The van der Waals surface area contributed by atoms with Crippen LogP contribution in [0.4, 0.5) is 0 Å². The molecule has 14 rings (SSSR count). The number of para-hydroxylation sites is 4. The van der Waals surface area contributed by atoms with Gasteiger partial charge in [0.1, 0.15) is 11.4 Å². The highest BCUT2D eigenvalue weighted by Gasteiger charge is 2.32. The summed E-state index contributed by atoms with van der Waals surface area (Å²) >= 11 is 0. The fraction of sp³-hybridized carbons (Fsp3) is 0. The van der Waals surface area contributed by atoms with Crippen molar-refractivity contribution in [3.8, 4) is 40.2 Å². The number of rotatable bonds is 5. The molecule has 0 saturated heterocycles. The maximum atomic E-state index is 10.2. The zero-order chi connectivity index (χ0) is 43.5. The number of benzene rings is 5. The Bertz CT molecular complexity index is 3910. The summed E-state index contributed by atoms with van der Waals surface area (Å²) in [5.41, 5.74) is 14.9. The second-order valence-corrected chi connectivity index (χ2v) is 16.4. The lowest BCUT2D eigenvalue weighted by Gasteiger charge is -2.26. The molecule has 0 bridgehead atoms. The van der Waals surface area contributed by atoms with Gasteiger partial charge in [-0.1, -0.05) is 84.9 Å². The normalized spacial score (nSPS) is 11.9. The minimum atomic E-state index is 0.556. The number of hydrogen-bond acceptors (Lipinski definition) is 6. The van der Waals surface area contributed by atoms with E-state index in [0.717, 1.165) is 110 Å². The van der Waals surface area contributed by atoms with Crippen LogP contribution < -0.4 is 0 Å². The molecule has 0 aliphatic carbocycles. The molecule has 0 unspecified atom stereocenters. The molecule has 0 fully saturated rings. The molecular weight excluding hydrogens is 813 g/mol. The molecular formula is C56H32N10. The molecule has 0 spiro atoms. The van der Waals surface area contributed by atoms with E-state index in [4.69, 9.17) is 24.9 Å². The Labute approximate surface area is 375 Å². The van der Waals surface area contributed by atoms with Crippen molar-refractivity contribution in [2.45, 2.75) is 0 Å². The van der Waals surface area contributed by atoms with E-state index in [-0.39, 0.29) is 0 Å². The molecule has 10 nitrogen and oxygen atoms in total. The topological polar surface area (TPSA) is 108 Å². The summed E-state index contributed by atoms with van der Waals surface area (Å²) in [5, 5.41) is 14.2. The van der Waals surface area contributed by atoms with Crippen molar-refractivity contribution in [1.82, 2.24) is 43.2 Å². The van der Waals surface area contributed by atoms with Gasteiger partial charge in [-0.3, -0.25) is 29.1 Å². The lowest BCUT2D eigenvalue weighted by Crippen LogP contribution is -2.16. The number of pyridine rings is 5. The molecule has 10 heteroatoms. The molecule has 0 aliphatic heterocycles. The minimum Gasteiger partial charge on any atom is -0.304 e. The SMILES string of the molecule is N#Cc1ccc(-c2c(-n3c4ccccc4c4ncccc43)c(-n3c4ccccc4c4ncccc43)nc(-n3c4ccccc4c4ncccc43)c2-n2c3ccccc3c3ncccc32)cc1. The number of aromatic nitrogens is 9. The molecule has 0 atom stereocenters. The van der Waals surface area contributed by atoms with Crippen molar-refractivity contribution in [2.75, 3.05) is 0 Å². The van der Waals surface area contributed by atoms with Crippen LogP contribution in [-0.2, 0) is 0 Å². The predicted molar refractivity (Wildman–Crippen MR) is 263 cm³/mol. The lowest BCUT2D eigenvalue weighted by atomic mass is 9.99. The van der Waals surface area contributed by atoms with Crippen LogP contribution >= 0.6 is 0 Å². The quantitative estimate of drug-likeness (QED) is 0.171. The Morgan fingerprint density at radius 2 is 0.652 bits per heavy atom. The van der Waals surface area contributed by atoms with Crippen molar-refractivity contribution in [3.63, 3.8) is 0 Å². The Hall–Kier alpha value is -9.46. The van der Waals surface area contributed by atoms with E-state index >= 15 is 0 Å². The molecule has 9 aromatic heterocycles. The Morgan fingerprint density at radius 1 is 0.333 bits per heavy atom. The highest BCUT2D eigenvalue weighted by Crippen LogP contribution is 2.48. The van der Waals surface area contributed by atoms with Crippen LogP contribution in [0.3, 0.4) is 0 Å². The van der Waals surface area contributed by atoms with Gasteiger partial charge in [-0.05, 0) is 90.5 Å². The maximum Gasteiger partial charge on any atom is 0.165 e. The van der Waals surface area contributed by atoms with E-state index in [1.54, 1.807) is 0 Å². The molecule has 0 N–H and O–H groups in total. The van der Waals surface area contributed by atoms with Crippen LogP contribution in [0, 0.1) is 11.3 Å². The molecule has 14 aromatic rings. The Balaban J connectivity index is 1.33. The first kappa shape index (κ1) is 36.1. The summed E-state index contributed by atoms with van der Waals surface area (Å²) in [5.74, 6) is 1.35. The monoisotopic (exact) mass is 844 g/mol. The number of hydrogen-bond donors (Lipinski definition) is 0. The summed E-state index contributed by atoms with van der Waals surface area (Å²) in [4.78, 5) is 26.2. The standard InChI is InChI=1S/C56H32N10/c57-33-34-25-27-35(28-26-34)48-53(63-40-17-5-1-13-36(40)49-44(63)21-9-29-58-49)55(65-42-19-7-3-15-38(42)51-46(65)23-11-31-60-51)62-56(66-43-20-8-4-16-39(43)52-47(66)24-12-32-61-52)54(48)64-41-18-6-2-14-37(41)50-45(64)22-10-30-59-50/h1-32H. The van der Waals surface area contributed by atoms with E-state index in [1.165, 1.54) is 0 Å². The molecule has 0 amide bonds. The highest BCUT2D eigenvalue weighted by atomic mass is 15.2. The van der Waals surface area contributed by atoms with Crippen LogP contribution in [0.15, 0.2) is 195 Å². The molecule has 0 saturated carbocycles. The zero-order valence-electron chi connectivity index (χ0n) is 34.9. The lowest BCUT2D eigenvalue weighted by molar-refractivity contribution is 0.960. The Morgan fingerprint density at radius 3 is 1.02 bits per heavy atom. The van der Waals surface area contributed by atoms with Crippen LogP contribution in [0.2, 0.25) is 0 Å². The third kappa shape index (κ3) is 4.90. The highest BCUT2D eigenvalue weighted by molar-refractivity contribution is 6.13. The van der Waals surface area contributed by atoms with Crippen LogP contribution in [0.1, 0.15) is 5.56 Å². The zero-order valence-corrected chi connectivity index (χ0v) is 34.9. The van der Waals surface area contributed by atoms with E-state index in [0.29, 0.717) is 17.2 Å². The van der Waals surface area contributed by atoms with Crippen LogP contribution in [-0.4, -0.2) is 43.2 Å². The largest absolute Gasteiger partial charge is 0.304 e. The Kier molecular flexibility index (Phi) is 7.52. The summed E-state index contributed by atoms with van der Waals surface area (Å²) in [6.07, 6.45) is 7.41. The van der Waals surface area contributed by atoms with Gasteiger partial charge < -0.3 is 9.13 Å². The van der Waals surface area contributed by atoms with Gasteiger partial charge in [0.15, 0.2) is 11.6 Å². The molecule has 9 heterocycles. The average molecular weight is 845 g/mol. The molecule has 306 valence electrons. The second-order valence-electron chi connectivity index (χ2n) is 16.4. The van der Waals surface area contributed by atoms with E-state index in [9.17, 15) is 5.26 Å². The predicted octanol–water partition coefficient (Wildman–Crippen LogP) is 12.6. The summed E-state index contributed by atoms with van der Waals surface area (Å²) in [7, 11) is 0. The van der Waals surface area contributed by atoms with Crippen molar-refractivity contribution in [2.24, 2.45) is 0 Å². The van der Waals surface area contributed by atoms with E-state index in [2.05, 4.69) is 158 Å². The fourth-order valence-corrected chi connectivity index (χ4v) is 10.3. The first-order chi connectivity index (χ1) is 32.8. The van der Waals surface area contributed by atoms with Gasteiger partial charge in [-0.25, -0.2) is 4.98 Å². The van der Waals surface area contributed by atoms with Crippen molar-refractivity contribution in [1.29, 1.82) is 5.26 Å². The second kappa shape index (κ2) is 13.8. The van der Waals surface area contributed by atoms with E-state index in [1.807, 2.05) is 61.2 Å². The summed E-state index contributed by atoms with van der Waals surface area (Å²) in [6, 6.07) is 60.5. The minimum absolute atomic E-state index is 0.556. The van der Waals surface area contributed by atoms with Crippen molar-refractivity contribution >= 4 is 87.7 Å². The maximum absolute atomic E-state index is 10.2. The van der Waals surface area contributed by atoms with Crippen LogP contribution in [0.5, 0.6) is 0 Å². The van der Waals surface area contributed by atoms with Gasteiger partial charge in [0.05, 0.1) is 77.8 Å².